The molecule has 0 aromatic carbocycles. The van der Waals surface area contributed by atoms with E-state index in [0.29, 0.717) is 12.4 Å². The smallest absolute Gasteiger partial charge is 0.332 e. The number of hydrogen-bond donors (Lipinski definition) is 0. The molecule has 2 aromatic rings. The van der Waals surface area contributed by atoms with E-state index in [1.54, 1.807) is 31.5 Å². The summed E-state index contributed by atoms with van der Waals surface area (Å²) in [6.45, 7) is 1.37. The molecule has 0 aliphatic carbocycles. The van der Waals surface area contributed by atoms with E-state index in [4.69, 9.17) is 0 Å². The van der Waals surface area contributed by atoms with Crippen molar-refractivity contribution >= 4 is 5.82 Å². The minimum Gasteiger partial charge on any atom is -0.360 e. The van der Waals surface area contributed by atoms with Gasteiger partial charge in [-0.15, -0.1) is 0 Å². The Morgan fingerprint density at radius 3 is 2.64 bits per heavy atom. The molecule has 2 aromatic heterocycles. The molecule has 116 valence electrons. The molecule has 0 N–H and O–H groups in total. The van der Waals surface area contributed by atoms with Crippen molar-refractivity contribution in [1.82, 2.24) is 18.7 Å². The molecule has 0 atom stereocenters. The molecule has 0 saturated carbocycles. The van der Waals surface area contributed by atoms with Crippen LogP contribution in [0, 0.1) is 11.3 Å². The number of hydrogen-bond acceptors (Lipinski definition) is 5. The van der Waals surface area contributed by atoms with Gasteiger partial charge < -0.3 is 9.47 Å². The van der Waals surface area contributed by atoms with E-state index in [2.05, 4.69) is 4.98 Å². The van der Waals surface area contributed by atoms with Gasteiger partial charge in [-0.3, -0.25) is 13.9 Å². The van der Waals surface area contributed by atoms with Crippen LogP contribution in [0.3, 0.4) is 0 Å². The predicted octanol–water partition coefficient (Wildman–Crippen LogP) is -0.321. The van der Waals surface area contributed by atoms with Gasteiger partial charge in [-0.05, 0) is 6.42 Å². The summed E-state index contributed by atoms with van der Waals surface area (Å²) in [5.41, 5.74) is -1.03. The van der Waals surface area contributed by atoms with Crippen molar-refractivity contribution in [3.63, 3.8) is 0 Å². The van der Waals surface area contributed by atoms with Gasteiger partial charge in [0.15, 0.2) is 5.56 Å². The van der Waals surface area contributed by atoms with Gasteiger partial charge in [0.25, 0.3) is 5.56 Å². The minimum atomic E-state index is -0.568. The van der Waals surface area contributed by atoms with Crippen LogP contribution >= 0.6 is 0 Å². The topological polar surface area (TPSA) is 88.8 Å². The molecule has 0 fully saturated rings. The average molecular weight is 302 g/mol. The van der Waals surface area contributed by atoms with Gasteiger partial charge in [-0.25, -0.2) is 9.78 Å². The van der Waals surface area contributed by atoms with Crippen LogP contribution in [-0.2, 0) is 20.6 Å². The lowest BCUT2D eigenvalue weighted by Gasteiger charge is -2.23. The van der Waals surface area contributed by atoms with Crippen LogP contribution in [0.4, 0.5) is 5.82 Å². The molecule has 0 amide bonds. The van der Waals surface area contributed by atoms with E-state index >= 15 is 0 Å². The number of nitriles is 1. The lowest BCUT2D eigenvalue weighted by atomic mass is 10.3. The molecule has 8 nitrogen and oxygen atoms in total. The first-order valence-electron chi connectivity index (χ1n) is 6.84. The van der Waals surface area contributed by atoms with Crippen molar-refractivity contribution in [3.05, 3.63) is 45.1 Å². The number of anilines is 1. The lowest BCUT2D eigenvalue weighted by molar-refractivity contribution is 0.618. The zero-order chi connectivity index (χ0) is 16.3. The zero-order valence-corrected chi connectivity index (χ0v) is 12.9. The highest BCUT2D eigenvalue weighted by molar-refractivity contribution is 5.52. The van der Waals surface area contributed by atoms with Crippen LogP contribution in [0.25, 0.3) is 0 Å². The Labute approximate surface area is 127 Å². The molecule has 0 radical (unpaired) electrons. The van der Waals surface area contributed by atoms with Gasteiger partial charge in [0.1, 0.15) is 11.9 Å². The molecule has 0 aliphatic heterocycles. The third-order valence-electron chi connectivity index (χ3n) is 3.58. The number of imidazole rings is 1. The summed E-state index contributed by atoms with van der Waals surface area (Å²) in [5, 5.41) is 9.25. The molecule has 2 rings (SSSR count). The van der Waals surface area contributed by atoms with Crippen molar-refractivity contribution < 1.29 is 0 Å². The largest absolute Gasteiger partial charge is 0.360 e. The summed E-state index contributed by atoms with van der Waals surface area (Å²) >= 11 is 0. The van der Waals surface area contributed by atoms with Crippen LogP contribution in [0.5, 0.6) is 0 Å². The van der Waals surface area contributed by atoms with Crippen molar-refractivity contribution in [2.45, 2.75) is 13.0 Å². The molecular formula is C14H18N6O2. The number of aryl methyl sites for hydroxylation is 1. The SMILES string of the molecule is CN(CCCn1ccnc1)c1c(C#N)c(=O)n(C)c(=O)n1C. The van der Waals surface area contributed by atoms with Crippen LogP contribution in [-0.4, -0.2) is 32.3 Å². The maximum Gasteiger partial charge on any atom is 0.332 e. The van der Waals surface area contributed by atoms with E-state index in [-0.39, 0.29) is 5.56 Å². The normalized spacial score (nSPS) is 10.5. The Morgan fingerprint density at radius 2 is 2.05 bits per heavy atom. The van der Waals surface area contributed by atoms with Crippen LogP contribution in [0.1, 0.15) is 12.0 Å². The van der Waals surface area contributed by atoms with Crippen LogP contribution in [0.15, 0.2) is 28.3 Å². The Hall–Kier alpha value is -2.82. The van der Waals surface area contributed by atoms with Crippen molar-refractivity contribution in [2.24, 2.45) is 14.1 Å². The molecular weight excluding hydrogens is 284 g/mol. The van der Waals surface area contributed by atoms with Crippen LogP contribution in [0.2, 0.25) is 0 Å². The first kappa shape index (κ1) is 15.6. The second-order valence-corrected chi connectivity index (χ2v) is 5.09. The summed E-state index contributed by atoms with van der Waals surface area (Å²) in [4.78, 5) is 29.8. The Balaban J connectivity index is 2.26. The van der Waals surface area contributed by atoms with Crippen molar-refractivity contribution in [2.75, 3.05) is 18.5 Å². The summed E-state index contributed by atoms with van der Waals surface area (Å²) in [5.74, 6) is 0.348. The Morgan fingerprint density at radius 1 is 1.32 bits per heavy atom. The van der Waals surface area contributed by atoms with E-state index in [1.807, 2.05) is 16.8 Å². The second kappa shape index (κ2) is 6.30. The Kier molecular flexibility index (Phi) is 4.46. The predicted molar refractivity (Wildman–Crippen MR) is 81.8 cm³/mol. The van der Waals surface area contributed by atoms with Crippen LogP contribution < -0.4 is 16.1 Å². The monoisotopic (exact) mass is 302 g/mol. The summed E-state index contributed by atoms with van der Waals surface area (Å²) in [6, 6.07) is 1.91. The number of aromatic nitrogens is 4. The molecule has 0 aliphatic rings. The maximum atomic E-state index is 12.0. The van der Waals surface area contributed by atoms with Gasteiger partial charge in [0, 0.05) is 46.6 Å². The number of nitrogens with zero attached hydrogens (tertiary/aromatic N) is 6. The number of rotatable bonds is 5. The van der Waals surface area contributed by atoms with Gasteiger partial charge in [-0.2, -0.15) is 5.26 Å². The highest BCUT2D eigenvalue weighted by atomic mass is 16.2. The molecule has 0 saturated heterocycles. The second-order valence-electron chi connectivity index (χ2n) is 5.09. The summed E-state index contributed by atoms with van der Waals surface area (Å²) in [7, 11) is 4.70. The summed E-state index contributed by atoms with van der Waals surface area (Å²) in [6.07, 6.45) is 6.10. The fraction of sp³-hybridized carbons (Fsp3) is 0.429. The van der Waals surface area contributed by atoms with Gasteiger partial charge in [0.2, 0.25) is 0 Å². The first-order valence-corrected chi connectivity index (χ1v) is 6.84. The van der Waals surface area contributed by atoms with Gasteiger partial charge in [-0.1, -0.05) is 0 Å². The molecule has 8 heteroatoms. The van der Waals surface area contributed by atoms with E-state index in [1.165, 1.54) is 11.6 Å². The maximum absolute atomic E-state index is 12.0. The third-order valence-corrected chi connectivity index (χ3v) is 3.58. The van der Waals surface area contributed by atoms with Crippen molar-refractivity contribution in [1.29, 1.82) is 5.26 Å². The fourth-order valence-electron chi connectivity index (χ4n) is 2.39. The fourth-order valence-corrected chi connectivity index (χ4v) is 2.39. The standard InChI is InChI=1S/C14H18N6O2/c1-17(6-4-7-20-8-5-16-10-20)12-11(9-15)13(21)19(3)14(22)18(12)2/h5,8,10H,4,6-7H2,1-3H3. The summed E-state index contributed by atoms with van der Waals surface area (Å²) < 4.78 is 4.22. The van der Waals surface area contributed by atoms with E-state index in [0.717, 1.165) is 17.5 Å². The van der Waals surface area contributed by atoms with Gasteiger partial charge in [0.05, 0.1) is 6.33 Å². The Bertz CT molecular complexity index is 810. The molecule has 2 heterocycles. The first-order chi connectivity index (χ1) is 10.5. The molecule has 0 unspecified atom stereocenters. The highest BCUT2D eigenvalue weighted by Gasteiger charge is 2.18. The lowest BCUT2D eigenvalue weighted by Crippen LogP contribution is -2.42. The average Bonchev–Trinajstić information content (AvgIpc) is 3.01. The minimum absolute atomic E-state index is 0.0188. The van der Waals surface area contributed by atoms with E-state index in [9.17, 15) is 14.9 Å². The van der Waals surface area contributed by atoms with Gasteiger partial charge >= 0.3 is 5.69 Å². The molecule has 0 bridgehead atoms. The third kappa shape index (κ3) is 2.79. The molecule has 22 heavy (non-hydrogen) atoms. The van der Waals surface area contributed by atoms with E-state index < -0.39 is 11.2 Å². The molecule has 0 spiro atoms. The zero-order valence-electron chi connectivity index (χ0n) is 12.9. The quantitative estimate of drug-likeness (QED) is 0.755. The van der Waals surface area contributed by atoms with Crippen molar-refractivity contribution in [3.8, 4) is 6.07 Å². The highest BCUT2D eigenvalue weighted by Crippen LogP contribution is 2.13.